The molecule has 1 N–H and O–H groups in total. The summed E-state index contributed by atoms with van der Waals surface area (Å²) in [5.41, 5.74) is 0.194. The lowest BCUT2D eigenvalue weighted by Crippen LogP contribution is -2.43. The van der Waals surface area contributed by atoms with Crippen molar-refractivity contribution in [1.29, 1.82) is 0 Å². The fourth-order valence-electron chi connectivity index (χ4n) is 4.56. The zero-order chi connectivity index (χ0) is 19.3. The van der Waals surface area contributed by atoms with Crippen LogP contribution in [-0.2, 0) is 27.4 Å². The first-order valence-electron chi connectivity index (χ1n) is 9.26. The predicted octanol–water partition coefficient (Wildman–Crippen LogP) is 2.53. The van der Waals surface area contributed by atoms with Gasteiger partial charge >= 0.3 is 0 Å². The highest BCUT2D eigenvalue weighted by molar-refractivity contribution is 6.30. The van der Waals surface area contributed by atoms with Gasteiger partial charge in [0.15, 0.2) is 0 Å². The van der Waals surface area contributed by atoms with E-state index in [1.54, 1.807) is 23.3 Å². The number of halogens is 1. The number of rotatable bonds is 5. The largest absolute Gasteiger partial charge is 0.467 e. The Morgan fingerprint density at radius 1 is 1.32 bits per heavy atom. The van der Waals surface area contributed by atoms with Crippen molar-refractivity contribution in [2.24, 2.45) is 11.8 Å². The quantitative estimate of drug-likeness (QED) is 0.785. The van der Waals surface area contributed by atoms with E-state index >= 15 is 0 Å². The van der Waals surface area contributed by atoms with E-state index in [1.807, 2.05) is 36.4 Å². The second-order valence-electron chi connectivity index (χ2n) is 7.52. The van der Waals surface area contributed by atoms with Gasteiger partial charge in [-0.25, -0.2) is 0 Å². The average Bonchev–Trinajstić information content (AvgIpc) is 3.43. The van der Waals surface area contributed by atoms with Crippen molar-refractivity contribution < 1.29 is 18.7 Å². The number of hydrogen-bond donors (Lipinski definition) is 1. The van der Waals surface area contributed by atoms with Gasteiger partial charge in [-0.1, -0.05) is 35.9 Å². The minimum Gasteiger partial charge on any atom is -0.467 e. The third-order valence-corrected chi connectivity index (χ3v) is 6.00. The van der Waals surface area contributed by atoms with Crippen LogP contribution in [-0.4, -0.2) is 35.0 Å². The van der Waals surface area contributed by atoms with E-state index < -0.39 is 17.4 Å². The molecule has 0 aliphatic carbocycles. The summed E-state index contributed by atoms with van der Waals surface area (Å²) in [7, 11) is 0. The van der Waals surface area contributed by atoms with Crippen molar-refractivity contribution >= 4 is 23.4 Å². The molecule has 1 aromatic carbocycles. The summed E-state index contributed by atoms with van der Waals surface area (Å²) >= 11 is 6.00. The monoisotopic (exact) mass is 398 g/mol. The Morgan fingerprint density at radius 2 is 2.21 bits per heavy atom. The van der Waals surface area contributed by atoms with Crippen LogP contribution in [0.3, 0.4) is 0 Å². The summed E-state index contributed by atoms with van der Waals surface area (Å²) in [5.74, 6) is -0.555. The minimum atomic E-state index is -0.716. The van der Waals surface area contributed by atoms with Crippen LogP contribution in [0.4, 0.5) is 0 Å². The molecule has 2 aromatic rings. The Bertz CT molecular complexity index is 957. The minimum absolute atomic E-state index is 0.0637. The molecule has 28 heavy (non-hydrogen) atoms. The first kappa shape index (κ1) is 17.5. The highest BCUT2D eigenvalue weighted by atomic mass is 35.5. The van der Waals surface area contributed by atoms with Gasteiger partial charge in [-0.3, -0.25) is 9.59 Å². The fourth-order valence-corrected chi connectivity index (χ4v) is 4.77. The van der Waals surface area contributed by atoms with Gasteiger partial charge in [0.25, 0.3) is 0 Å². The molecule has 7 heteroatoms. The number of nitrogens with one attached hydrogen (secondary N) is 1. The zero-order valence-corrected chi connectivity index (χ0v) is 15.8. The molecule has 5 rings (SSSR count). The number of furan rings is 1. The predicted molar refractivity (Wildman–Crippen MR) is 101 cm³/mol. The average molecular weight is 399 g/mol. The molecule has 4 heterocycles. The Morgan fingerprint density at radius 3 is 3.00 bits per heavy atom. The number of carbonyl (C=O) groups excluding carboxylic acids is 2. The summed E-state index contributed by atoms with van der Waals surface area (Å²) in [4.78, 5) is 27.8. The van der Waals surface area contributed by atoms with E-state index in [-0.39, 0.29) is 17.9 Å². The van der Waals surface area contributed by atoms with Crippen LogP contribution in [0.15, 0.2) is 59.2 Å². The van der Waals surface area contributed by atoms with E-state index in [9.17, 15) is 9.59 Å². The highest BCUT2D eigenvalue weighted by Gasteiger charge is 2.66. The second-order valence-corrected chi connectivity index (χ2v) is 7.96. The molecule has 144 valence electrons. The lowest BCUT2D eigenvalue weighted by Gasteiger charge is -2.23. The van der Waals surface area contributed by atoms with Gasteiger partial charge in [-0.05, 0) is 29.8 Å². The molecule has 2 amide bonds. The van der Waals surface area contributed by atoms with Gasteiger partial charge in [0.1, 0.15) is 11.4 Å². The van der Waals surface area contributed by atoms with Crippen molar-refractivity contribution in [3.8, 4) is 0 Å². The number of amides is 2. The van der Waals surface area contributed by atoms with Crippen LogP contribution in [0.25, 0.3) is 0 Å². The first-order valence-corrected chi connectivity index (χ1v) is 9.64. The van der Waals surface area contributed by atoms with Crippen molar-refractivity contribution in [2.75, 3.05) is 6.54 Å². The fraction of sp³-hybridized carbons (Fsp3) is 0.333. The summed E-state index contributed by atoms with van der Waals surface area (Å²) in [6.07, 6.45) is 5.08. The van der Waals surface area contributed by atoms with Crippen molar-refractivity contribution in [2.45, 2.75) is 24.8 Å². The Labute approximate surface area is 167 Å². The molecule has 1 aromatic heterocycles. The van der Waals surface area contributed by atoms with Gasteiger partial charge in [-0.15, -0.1) is 0 Å². The maximum Gasteiger partial charge on any atom is 0.230 e. The van der Waals surface area contributed by atoms with Gasteiger partial charge < -0.3 is 19.4 Å². The van der Waals surface area contributed by atoms with E-state index in [4.69, 9.17) is 20.8 Å². The maximum absolute atomic E-state index is 13.1. The number of likely N-dealkylation sites (tertiary alicyclic amines) is 1. The lowest BCUT2D eigenvalue weighted by molar-refractivity contribution is -0.138. The number of hydrogen-bond acceptors (Lipinski definition) is 4. The van der Waals surface area contributed by atoms with Crippen molar-refractivity contribution in [3.63, 3.8) is 0 Å². The zero-order valence-electron chi connectivity index (χ0n) is 15.0. The summed E-state index contributed by atoms with van der Waals surface area (Å²) in [6.45, 7) is 1.17. The van der Waals surface area contributed by atoms with Crippen LogP contribution in [0, 0.1) is 11.8 Å². The number of ether oxygens (including phenoxy) is 1. The number of benzene rings is 1. The molecule has 0 unspecified atom stereocenters. The van der Waals surface area contributed by atoms with E-state index in [0.717, 1.165) is 5.56 Å². The molecule has 4 atom stereocenters. The van der Waals surface area contributed by atoms with Crippen LogP contribution in [0.1, 0.15) is 11.3 Å². The third kappa shape index (κ3) is 2.75. The molecule has 3 aliphatic heterocycles. The Kier molecular flexibility index (Phi) is 4.07. The molecule has 3 aliphatic rings. The molecule has 2 bridgehead atoms. The summed E-state index contributed by atoms with van der Waals surface area (Å²) in [5, 5.41) is 3.56. The molecular weight excluding hydrogens is 380 g/mol. The van der Waals surface area contributed by atoms with Gasteiger partial charge in [0.2, 0.25) is 11.8 Å². The maximum atomic E-state index is 13.1. The number of fused-ring (bicyclic) bond motifs is 1. The molecule has 1 spiro atoms. The molecule has 2 fully saturated rings. The van der Waals surface area contributed by atoms with Crippen LogP contribution in [0.5, 0.6) is 0 Å². The van der Waals surface area contributed by atoms with Crippen molar-refractivity contribution in [3.05, 3.63) is 71.2 Å². The van der Waals surface area contributed by atoms with Crippen LogP contribution < -0.4 is 5.32 Å². The number of nitrogens with zero attached hydrogens (tertiary/aromatic N) is 1. The summed E-state index contributed by atoms with van der Waals surface area (Å²) in [6, 6.07) is 11.0. The van der Waals surface area contributed by atoms with Gasteiger partial charge in [0.05, 0.1) is 37.3 Å². The molecule has 2 saturated heterocycles. The Hall–Kier alpha value is -2.57. The first-order chi connectivity index (χ1) is 13.6. The number of carbonyl (C=O) groups is 2. The second kappa shape index (κ2) is 6.50. The highest BCUT2D eigenvalue weighted by Crippen LogP contribution is 2.52. The van der Waals surface area contributed by atoms with Gasteiger partial charge in [0, 0.05) is 11.6 Å². The van der Waals surface area contributed by atoms with Crippen molar-refractivity contribution in [1.82, 2.24) is 10.2 Å². The van der Waals surface area contributed by atoms with E-state index in [2.05, 4.69) is 5.32 Å². The molecule has 6 nitrogen and oxygen atoms in total. The van der Waals surface area contributed by atoms with Crippen LogP contribution in [0.2, 0.25) is 5.02 Å². The molecule has 0 radical (unpaired) electrons. The van der Waals surface area contributed by atoms with Crippen LogP contribution >= 0.6 is 11.6 Å². The lowest BCUT2D eigenvalue weighted by atomic mass is 9.77. The SMILES string of the molecule is O=C(NCc1cccc(Cl)c1)[C@H]1[C@H]2C(=O)N(Cc3ccco3)C[C@@]23C=C[C@H]1O3. The normalized spacial score (nSPS) is 30.1. The third-order valence-electron chi connectivity index (χ3n) is 5.76. The smallest absolute Gasteiger partial charge is 0.230 e. The summed E-state index contributed by atoms with van der Waals surface area (Å²) < 4.78 is 11.5. The topological polar surface area (TPSA) is 71.8 Å². The van der Waals surface area contributed by atoms with E-state index in [0.29, 0.717) is 30.4 Å². The molecular formula is C21H19ClN2O4. The standard InChI is InChI=1S/C21H19ClN2O4/c22-14-4-1-3-13(9-14)10-23-19(25)17-16-6-7-21(28-16)12-24(20(26)18(17)21)11-15-5-2-8-27-15/h1-9,16-18H,10-12H2,(H,23,25)/t16-,17-,18+,21+/m1/s1. The Balaban J connectivity index is 1.32. The molecule has 0 saturated carbocycles. The van der Waals surface area contributed by atoms with Gasteiger partial charge in [-0.2, -0.15) is 0 Å². The van der Waals surface area contributed by atoms with E-state index in [1.165, 1.54) is 0 Å².